The average molecular weight is 307 g/mol. The lowest BCUT2D eigenvalue weighted by atomic mass is 10.1. The van der Waals surface area contributed by atoms with Gasteiger partial charge in [-0.3, -0.25) is 9.36 Å². The van der Waals surface area contributed by atoms with E-state index >= 15 is 0 Å². The second-order valence-electron chi connectivity index (χ2n) is 4.18. The van der Waals surface area contributed by atoms with E-state index in [-0.39, 0.29) is 5.56 Å². The van der Waals surface area contributed by atoms with Gasteiger partial charge in [-0.1, -0.05) is 30.3 Å². The number of hydrogen-bond acceptors (Lipinski definition) is 2. The maximum Gasteiger partial charge on any atom is 0.267 e. The first-order valence-electron chi connectivity index (χ1n) is 6.01. The van der Waals surface area contributed by atoms with E-state index in [1.807, 2.05) is 6.07 Å². The second-order valence-corrected chi connectivity index (χ2v) is 5.04. The number of benzene rings is 1. The molecular formula is C14H15BrN2O. The van der Waals surface area contributed by atoms with E-state index in [4.69, 9.17) is 0 Å². The van der Waals surface area contributed by atoms with Gasteiger partial charge in [0.15, 0.2) is 0 Å². The molecule has 0 aliphatic carbocycles. The molecule has 3 nitrogen and oxygen atoms in total. The molecule has 1 aromatic carbocycles. The fourth-order valence-electron chi connectivity index (χ4n) is 1.84. The highest BCUT2D eigenvalue weighted by atomic mass is 79.9. The Kier molecular flexibility index (Phi) is 4.70. The minimum Gasteiger partial charge on any atom is -0.298 e. The van der Waals surface area contributed by atoms with Crippen LogP contribution in [-0.4, -0.2) is 9.55 Å². The highest BCUT2D eigenvalue weighted by Gasteiger charge is 2.00. The van der Waals surface area contributed by atoms with Crippen molar-refractivity contribution in [2.75, 3.05) is 0 Å². The van der Waals surface area contributed by atoms with Crippen LogP contribution >= 0.6 is 15.9 Å². The second kappa shape index (κ2) is 6.50. The van der Waals surface area contributed by atoms with Crippen molar-refractivity contribution in [2.24, 2.45) is 0 Å². The largest absolute Gasteiger partial charge is 0.298 e. The Morgan fingerprint density at radius 2 is 1.94 bits per heavy atom. The monoisotopic (exact) mass is 306 g/mol. The van der Waals surface area contributed by atoms with Gasteiger partial charge < -0.3 is 0 Å². The van der Waals surface area contributed by atoms with Gasteiger partial charge in [-0.05, 0) is 40.8 Å². The van der Waals surface area contributed by atoms with Gasteiger partial charge in [-0.25, -0.2) is 4.98 Å². The molecule has 0 aliphatic heterocycles. The van der Waals surface area contributed by atoms with Gasteiger partial charge in [-0.15, -0.1) is 0 Å². The van der Waals surface area contributed by atoms with Gasteiger partial charge >= 0.3 is 0 Å². The van der Waals surface area contributed by atoms with Crippen LogP contribution in [0.4, 0.5) is 0 Å². The number of aryl methyl sites for hydroxylation is 2. The first-order valence-corrected chi connectivity index (χ1v) is 6.80. The summed E-state index contributed by atoms with van der Waals surface area (Å²) >= 11 is 3.20. The minimum atomic E-state index is -0.00953. The number of unbranched alkanes of at least 4 members (excludes halogenated alkanes) is 1. The van der Waals surface area contributed by atoms with E-state index in [1.54, 1.807) is 10.9 Å². The third kappa shape index (κ3) is 3.53. The van der Waals surface area contributed by atoms with Crippen LogP contribution in [0.15, 0.2) is 52.1 Å². The zero-order valence-corrected chi connectivity index (χ0v) is 11.6. The molecule has 1 heterocycles. The molecule has 18 heavy (non-hydrogen) atoms. The summed E-state index contributed by atoms with van der Waals surface area (Å²) in [4.78, 5) is 15.7. The van der Waals surface area contributed by atoms with Crippen molar-refractivity contribution in [1.29, 1.82) is 0 Å². The van der Waals surface area contributed by atoms with Crippen LogP contribution in [0.25, 0.3) is 0 Å². The van der Waals surface area contributed by atoms with Gasteiger partial charge in [0.1, 0.15) is 4.47 Å². The maximum atomic E-state index is 11.7. The van der Waals surface area contributed by atoms with E-state index in [9.17, 15) is 4.79 Å². The number of aromatic nitrogens is 2. The molecule has 4 heteroatoms. The van der Waals surface area contributed by atoms with Crippen molar-refractivity contribution < 1.29 is 0 Å². The highest BCUT2D eigenvalue weighted by Crippen LogP contribution is 2.05. The van der Waals surface area contributed by atoms with Crippen molar-refractivity contribution in [3.63, 3.8) is 0 Å². The Morgan fingerprint density at radius 1 is 1.17 bits per heavy atom. The summed E-state index contributed by atoms with van der Waals surface area (Å²) in [7, 11) is 0. The summed E-state index contributed by atoms with van der Waals surface area (Å²) in [6, 6.07) is 10.4. The zero-order chi connectivity index (χ0) is 12.8. The SMILES string of the molecule is O=c1c(Br)cncn1CCCCc1ccccc1. The fraction of sp³-hybridized carbons (Fsp3) is 0.286. The van der Waals surface area contributed by atoms with Crippen LogP contribution in [0.3, 0.4) is 0 Å². The van der Waals surface area contributed by atoms with Crippen molar-refractivity contribution in [1.82, 2.24) is 9.55 Å². The fourth-order valence-corrected chi connectivity index (χ4v) is 2.19. The number of halogens is 1. The first kappa shape index (κ1) is 13.0. The maximum absolute atomic E-state index is 11.7. The molecule has 0 saturated carbocycles. The molecule has 0 bridgehead atoms. The minimum absolute atomic E-state index is 0.00953. The van der Waals surface area contributed by atoms with Crippen LogP contribution < -0.4 is 5.56 Å². The lowest BCUT2D eigenvalue weighted by molar-refractivity contribution is 0.583. The van der Waals surface area contributed by atoms with Crippen LogP contribution in [0.1, 0.15) is 18.4 Å². The molecule has 0 spiro atoms. The molecule has 2 rings (SSSR count). The third-order valence-corrected chi connectivity index (χ3v) is 3.36. The standard InChI is InChI=1S/C14H15BrN2O/c15-13-10-16-11-17(14(13)18)9-5-4-8-12-6-2-1-3-7-12/h1-3,6-7,10-11H,4-5,8-9H2. The van der Waals surface area contributed by atoms with Crippen LogP contribution in [0.2, 0.25) is 0 Å². The Bertz CT molecular complexity index is 551. The van der Waals surface area contributed by atoms with E-state index in [1.165, 1.54) is 11.8 Å². The van der Waals surface area contributed by atoms with Gasteiger partial charge in [0.2, 0.25) is 0 Å². The summed E-state index contributed by atoms with van der Waals surface area (Å²) in [5.41, 5.74) is 1.34. The van der Waals surface area contributed by atoms with E-state index in [2.05, 4.69) is 45.2 Å². The molecule has 2 aromatic rings. The van der Waals surface area contributed by atoms with E-state index in [0.717, 1.165) is 25.8 Å². The predicted octanol–water partition coefficient (Wildman–Crippen LogP) is 3.03. The quantitative estimate of drug-likeness (QED) is 0.796. The summed E-state index contributed by atoms with van der Waals surface area (Å²) in [5.74, 6) is 0. The highest BCUT2D eigenvalue weighted by molar-refractivity contribution is 9.10. The summed E-state index contributed by atoms with van der Waals surface area (Å²) in [6.07, 6.45) is 6.23. The normalized spacial score (nSPS) is 10.5. The van der Waals surface area contributed by atoms with Gasteiger partial charge in [0, 0.05) is 12.7 Å². The number of rotatable bonds is 5. The first-order chi connectivity index (χ1) is 8.77. The third-order valence-electron chi connectivity index (χ3n) is 2.82. The van der Waals surface area contributed by atoms with Crippen LogP contribution in [-0.2, 0) is 13.0 Å². The Hall–Kier alpha value is -1.42. The molecule has 94 valence electrons. The van der Waals surface area contributed by atoms with E-state index in [0.29, 0.717) is 4.47 Å². The van der Waals surface area contributed by atoms with Gasteiger partial charge in [0.05, 0.1) is 6.33 Å². The number of nitrogens with zero attached hydrogens (tertiary/aromatic N) is 2. The molecule has 0 N–H and O–H groups in total. The van der Waals surface area contributed by atoms with Gasteiger partial charge in [0.25, 0.3) is 5.56 Å². The predicted molar refractivity (Wildman–Crippen MR) is 75.6 cm³/mol. The Balaban J connectivity index is 1.82. The smallest absolute Gasteiger partial charge is 0.267 e. The topological polar surface area (TPSA) is 34.9 Å². The molecular weight excluding hydrogens is 292 g/mol. The number of hydrogen-bond donors (Lipinski definition) is 0. The molecule has 0 amide bonds. The lowest BCUT2D eigenvalue weighted by Gasteiger charge is -2.05. The Labute approximate surface area is 115 Å². The van der Waals surface area contributed by atoms with Crippen molar-refractivity contribution >= 4 is 15.9 Å². The summed E-state index contributed by atoms with van der Waals surface area (Å²) in [5, 5.41) is 0. The summed E-state index contributed by atoms with van der Waals surface area (Å²) in [6.45, 7) is 0.720. The zero-order valence-electron chi connectivity index (χ0n) is 10.1. The molecule has 1 aromatic heterocycles. The Morgan fingerprint density at radius 3 is 2.72 bits per heavy atom. The molecule has 0 fully saturated rings. The van der Waals surface area contributed by atoms with Crippen molar-refractivity contribution in [3.8, 4) is 0 Å². The molecule has 0 aliphatic rings. The van der Waals surface area contributed by atoms with Crippen LogP contribution in [0.5, 0.6) is 0 Å². The van der Waals surface area contributed by atoms with Crippen molar-refractivity contribution in [3.05, 3.63) is 63.2 Å². The van der Waals surface area contributed by atoms with Crippen LogP contribution in [0, 0.1) is 0 Å². The molecule has 0 unspecified atom stereocenters. The molecule has 0 atom stereocenters. The van der Waals surface area contributed by atoms with E-state index < -0.39 is 0 Å². The van der Waals surface area contributed by atoms with Crippen molar-refractivity contribution in [2.45, 2.75) is 25.8 Å². The molecule has 0 radical (unpaired) electrons. The average Bonchev–Trinajstić information content (AvgIpc) is 2.40. The van der Waals surface area contributed by atoms with Gasteiger partial charge in [-0.2, -0.15) is 0 Å². The lowest BCUT2D eigenvalue weighted by Crippen LogP contribution is -2.20. The molecule has 0 saturated heterocycles. The summed E-state index contributed by atoms with van der Waals surface area (Å²) < 4.78 is 2.17.